The average molecular weight is 624 g/mol. The standard InChI is InChI=1S/C30H34BrF3N2O4/c1-17(2)19-14-20-22(15-23(19)31)28(3)10-7-11-29(4,27(38)39)25(28)16-24(20)36-40-13-12-35-26(37)18-8-5-6-9-21(18)30(32,33)34/h5-6,8-9,14-15,17,25H,7,10-13,16H2,1-4H3,(H,35,37)(H,38,39)/b36-24+/t25-,28-,29-/m1/s1. The van der Waals surface area contributed by atoms with Gasteiger partial charge in [-0.25, -0.2) is 0 Å². The summed E-state index contributed by atoms with van der Waals surface area (Å²) in [4.78, 5) is 30.5. The summed E-state index contributed by atoms with van der Waals surface area (Å²) < 4.78 is 40.8. The normalized spacial score (nSPS) is 25.3. The number of fused-ring (bicyclic) bond motifs is 3. The van der Waals surface area contributed by atoms with Gasteiger partial charge >= 0.3 is 12.1 Å². The molecule has 0 bridgehead atoms. The van der Waals surface area contributed by atoms with E-state index in [0.29, 0.717) is 18.6 Å². The lowest BCUT2D eigenvalue weighted by molar-refractivity contribution is -0.156. The number of benzene rings is 2. The number of alkyl halides is 3. The van der Waals surface area contributed by atoms with E-state index in [0.717, 1.165) is 46.1 Å². The third-order valence-electron chi connectivity index (χ3n) is 8.63. The van der Waals surface area contributed by atoms with Crippen LogP contribution in [-0.4, -0.2) is 35.8 Å². The number of hydrogen-bond donors (Lipinski definition) is 2. The van der Waals surface area contributed by atoms with E-state index in [1.807, 2.05) is 6.92 Å². The van der Waals surface area contributed by atoms with Gasteiger partial charge in [0, 0.05) is 10.0 Å². The first kappa shape index (κ1) is 30.1. The maximum atomic E-state index is 13.3. The molecule has 2 aliphatic carbocycles. The minimum Gasteiger partial charge on any atom is -0.481 e. The number of carbonyl (C=O) groups is 2. The number of rotatable bonds is 7. The fraction of sp³-hybridized carbons (Fsp3) is 0.500. The zero-order chi connectivity index (χ0) is 29.5. The lowest BCUT2D eigenvalue weighted by atomic mass is 9.49. The first-order valence-corrected chi connectivity index (χ1v) is 14.2. The molecule has 2 aromatic carbocycles. The summed E-state index contributed by atoms with van der Waals surface area (Å²) in [5, 5.41) is 17.1. The number of nitrogens with one attached hydrogen (secondary N) is 1. The first-order chi connectivity index (χ1) is 18.7. The Balaban J connectivity index is 1.58. The van der Waals surface area contributed by atoms with Gasteiger partial charge in [0.15, 0.2) is 0 Å². The van der Waals surface area contributed by atoms with E-state index in [2.05, 4.69) is 59.3 Å². The van der Waals surface area contributed by atoms with Gasteiger partial charge in [0.05, 0.1) is 28.8 Å². The Hall–Kier alpha value is -2.88. The predicted octanol–water partition coefficient (Wildman–Crippen LogP) is 7.29. The lowest BCUT2D eigenvalue weighted by Crippen LogP contribution is -2.53. The van der Waals surface area contributed by atoms with Crippen molar-refractivity contribution in [2.24, 2.45) is 16.5 Å². The van der Waals surface area contributed by atoms with E-state index in [9.17, 15) is 27.9 Å². The molecule has 3 atom stereocenters. The topological polar surface area (TPSA) is 88.0 Å². The van der Waals surface area contributed by atoms with Crippen LogP contribution < -0.4 is 5.32 Å². The van der Waals surface area contributed by atoms with Crippen LogP contribution in [-0.2, 0) is 21.2 Å². The number of oxime groups is 1. The van der Waals surface area contributed by atoms with Crippen molar-refractivity contribution in [2.75, 3.05) is 13.2 Å². The van der Waals surface area contributed by atoms with Crippen molar-refractivity contribution in [2.45, 2.75) is 70.9 Å². The molecule has 0 spiro atoms. The van der Waals surface area contributed by atoms with Gasteiger partial charge in [0.1, 0.15) is 6.61 Å². The van der Waals surface area contributed by atoms with Gasteiger partial charge < -0.3 is 15.3 Å². The lowest BCUT2D eigenvalue weighted by Gasteiger charge is -2.53. The Kier molecular flexibility index (Phi) is 8.41. The van der Waals surface area contributed by atoms with Crippen LogP contribution in [0.4, 0.5) is 13.2 Å². The summed E-state index contributed by atoms with van der Waals surface area (Å²) >= 11 is 3.72. The highest BCUT2D eigenvalue weighted by Crippen LogP contribution is 2.58. The fourth-order valence-electron chi connectivity index (χ4n) is 6.39. The fourth-order valence-corrected chi connectivity index (χ4v) is 7.20. The molecule has 6 nitrogen and oxygen atoms in total. The maximum absolute atomic E-state index is 13.3. The Labute approximate surface area is 240 Å². The summed E-state index contributed by atoms with van der Waals surface area (Å²) in [5.41, 5.74) is 0.924. The molecule has 0 unspecified atom stereocenters. The van der Waals surface area contributed by atoms with Crippen LogP contribution in [0.1, 0.15) is 91.9 Å². The zero-order valence-electron chi connectivity index (χ0n) is 23.0. The third-order valence-corrected chi connectivity index (χ3v) is 9.32. The van der Waals surface area contributed by atoms with E-state index >= 15 is 0 Å². The second-order valence-corrected chi connectivity index (χ2v) is 12.3. The van der Waals surface area contributed by atoms with Crippen molar-refractivity contribution in [1.82, 2.24) is 5.32 Å². The summed E-state index contributed by atoms with van der Waals surface area (Å²) in [6.07, 6.45) is -1.99. The summed E-state index contributed by atoms with van der Waals surface area (Å²) in [6.45, 7) is 8.02. The third kappa shape index (κ3) is 5.51. The molecular weight excluding hydrogens is 589 g/mol. The minimum atomic E-state index is -4.65. The molecule has 2 N–H and O–H groups in total. The predicted molar refractivity (Wildman–Crippen MR) is 150 cm³/mol. The molecular formula is C30H34BrF3N2O4. The van der Waals surface area contributed by atoms with E-state index in [1.165, 1.54) is 12.1 Å². The van der Waals surface area contributed by atoms with Crippen LogP contribution >= 0.6 is 15.9 Å². The van der Waals surface area contributed by atoms with Gasteiger partial charge in [-0.05, 0) is 78.8 Å². The average Bonchev–Trinajstić information content (AvgIpc) is 2.88. The molecule has 1 saturated carbocycles. The number of hydrogen-bond acceptors (Lipinski definition) is 4. The minimum absolute atomic E-state index is 0.0553. The Bertz CT molecular complexity index is 1340. The first-order valence-electron chi connectivity index (χ1n) is 13.4. The molecule has 0 radical (unpaired) electrons. The molecule has 2 aromatic rings. The van der Waals surface area contributed by atoms with E-state index in [-0.39, 0.29) is 30.4 Å². The summed E-state index contributed by atoms with van der Waals surface area (Å²) in [5.74, 6) is -1.66. The molecule has 1 fully saturated rings. The van der Waals surface area contributed by atoms with E-state index < -0.39 is 34.6 Å². The SMILES string of the molecule is CC(C)c1cc2c(cc1Br)[C@@]1(C)CCC[C@@](C)(C(=O)O)[C@@H]1C/C2=N\OCCNC(=O)c1ccccc1C(F)(F)F. The molecule has 10 heteroatoms. The number of aliphatic carboxylic acids is 1. The Morgan fingerprint density at radius 3 is 2.55 bits per heavy atom. The maximum Gasteiger partial charge on any atom is 0.417 e. The van der Waals surface area contributed by atoms with Gasteiger partial charge in [0.2, 0.25) is 0 Å². The number of nitrogens with zero attached hydrogens (tertiary/aromatic N) is 1. The second kappa shape index (κ2) is 11.2. The quantitative estimate of drug-likeness (QED) is 0.251. The van der Waals surface area contributed by atoms with Crippen molar-refractivity contribution < 1.29 is 32.7 Å². The number of halogens is 4. The van der Waals surface area contributed by atoms with Gasteiger partial charge in [0.25, 0.3) is 5.91 Å². The van der Waals surface area contributed by atoms with Crippen LogP contribution in [0.2, 0.25) is 0 Å². The summed E-state index contributed by atoms with van der Waals surface area (Å²) in [6, 6.07) is 8.79. The molecule has 1 amide bonds. The number of carboxylic acid groups (broad SMARTS) is 1. The van der Waals surface area contributed by atoms with Gasteiger partial charge in [-0.2, -0.15) is 13.2 Å². The van der Waals surface area contributed by atoms with Crippen LogP contribution in [0.5, 0.6) is 0 Å². The second-order valence-electron chi connectivity index (χ2n) is 11.5. The van der Waals surface area contributed by atoms with E-state index in [4.69, 9.17) is 4.84 Å². The molecule has 4 rings (SSSR count). The van der Waals surface area contributed by atoms with Gasteiger partial charge in [-0.1, -0.05) is 60.4 Å². The van der Waals surface area contributed by atoms with Crippen LogP contribution in [0, 0.1) is 11.3 Å². The molecule has 0 saturated heterocycles. The number of amides is 1. The van der Waals surface area contributed by atoms with Crippen molar-refractivity contribution in [3.8, 4) is 0 Å². The number of carboxylic acids is 1. The van der Waals surface area contributed by atoms with Gasteiger partial charge in [-0.3, -0.25) is 9.59 Å². The van der Waals surface area contributed by atoms with Gasteiger partial charge in [-0.15, -0.1) is 0 Å². The smallest absolute Gasteiger partial charge is 0.417 e. The monoisotopic (exact) mass is 622 g/mol. The molecule has 216 valence electrons. The highest BCUT2D eigenvalue weighted by Gasteiger charge is 2.56. The van der Waals surface area contributed by atoms with Crippen LogP contribution in [0.25, 0.3) is 0 Å². The largest absolute Gasteiger partial charge is 0.481 e. The molecule has 0 aliphatic heterocycles. The molecule has 40 heavy (non-hydrogen) atoms. The van der Waals surface area contributed by atoms with Crippen molar-refractivity contribution in [3.05, 3.63) is 68.7 Å². The van der Waals surface area contributed by atoms with E-state index in [1.54, 1.807) is 0 Å². The van der Waals surface area contributed by atoms with Crippen LogP contribution in [0.3, 0.4) is 0 Å². The molecule has 0 aromatic heterocycles. The zero-order valence-corrected chi connectivity index (χ0v) is 24.6. The highest BCUT2D eigenvalue weighted by molar-refractivity contribution is 9.10. The summed E-state index contributed by atoms with van der Waals surface area (Å²) in [7, 11) is 0. The van der Waals surface area contributed by atoms with Crippen LogP contribution in [0.15, 0.2) is 46.0 Å². The Morgan fingerprint density at radius 2 is 1.90 bits per heavy atom. The highest BCUT2D eigenvalue weighted by atomic mass is 79.9. The van der Waals surface area contributed by atoms with Crippen molar-refractivity contribution in [1.29, 1.82) is 0 Å². The van der Waals surface area contributed by atoms with Crippen molar-refractivity contribution >= 4 is 33.5 Å². The Morgan fingerprint density at radius 1 is 1.20 bits per heavy atom. The molecule has 2 aliphatic rings. The number of carbonyl (C=O) groups excluding carboxylic acids is 1. The molecule has 0 heterocycles. The van der Waals surface area contributed by atoms with Crippen molar-refractivity contribution in [3.63, 3.8) is 0 Å².